The van der Waals surface area contributed by atoms with Crippen molar-refractivity contribution in [3.05, 3.63) is 23.8 Å². The number of hydrogen-bond donors (Lipinski definition) is 0. The van der Waals surface area contributed by atoms with Gasteiger partial charge in [-0.1, -0.05) is 44.1 Å². The summed E-state index contributed by atoms with van der Waals surface area (Å²) in [7, 11) is 0. The van der Waals surface area contributed by atoms with Crippen molar-refractivity contribution in [3.8, 4) is 0 Å². The van der Waals surface area contributed by atoms with Gasteiger partial charge in [-0.25, -0.2) is 0 Å². The molecule has 0 rings (SSSR count). The Hall–Kier alpha value is -0.520. The van der Waals surface area contributed by atoms with Gasteiger partial charge in [0.2, 0.25) is 0 Å². The third-order valence-electron chi connectivity index (χ3n) is 1.57. The number of rotatable bonds is 4. The van der Waals surface area contributed by atoms with Gasteiger partial charge < -0.3 is 0 Å². The molecule has 10 heavy (non-hydrogen) atoms. The third kappa shape index (κ3) is 4.37. The predicted octanol–water partition coefficient (Wildman–Crippen LogP) is 3.70. The molecule has 0 fully saturated rings. The topological polar surface area (TPSA) is 0 Å². The largest absolute Gasteiger partial charge is 0.0845 e. The normalized spacial score (nSPS) is 12.9. The molecule has 0 aromatic heterocycles. The average Bonchev–Trinajstić information content (AvgIpc) is 1.99. The Morgan fingerprint density at radius 1 is 1.30 bits per heavy atom. The van der Waals surface area contributed by atoms with Crippen LogP contribution in [0, 0.1) is 0 Å². The summed E-state index contributed by atoms with van der Waals surface area (Å²) in [5, 5.41) is 0. The van der Waals surface area contributed by atoms with Gasteiger partial charge in [-0.15, -0.1) is 0 Å². The molecule has 0 atom stereocenters. The molecule has 0 heterocycles. The van der Waals surface area contributed by atoms with Gasteiger partial charge in [0.1, 0.15) is 0 Å². The Morgan fingerprint density at radius 3 is 2.40 bits per heavy atom. The second-order valence-electron chi connectivity index (χ2n) is 2.41. The van der Waals surface area contributed by atoms with Crippen LogP contribution < -0.4 is 0 Å². The van der Waals surface area contributed by atoms with Gasteiger partial charge in [-0.05, 0) is 19.8 Å². The fourth-order valence-electron chi connectivity index (χ4n) is 0.820. The SMILES string of the molecule is CC=C(C=CCCC)CC. The lowest BCUT2D eigenvalue weighted by Gasteiger charge is -1.92. The summed E-state index contributed by atoms with van der Waals surface area (Å²) in [6, 6.07) is 0. The van der Waals surface area contributed by atoms with Crippen LogP contribution in [0.15, 0.2) is 23.8 Å². The lowest BCUT2D eigenvalue weighted by atomic mass is 10.1. The van der Waals surface area contributed by atoms with Gasteiger partial charge in [-0.2, -0.15) is 0 Å². The molecule has 0 heteroatoms. The van der Waals surface area contributed by atoms with Crippen molar-refractivity contribution in [2.24, 2.45) is 0 Å². The zero-order valence-electron chi connectivity index (χ0n) is 7.35. The maximum absolute atomic E-state index is 2.25. The van der Waals surface area contributed by atoms with E-state index in [9.17, 15) is 0 Å². The molecular formula is C10H18. The van der Waals surface area contributed by atoms with E-state index < -0.39 is 0 Å². The molecule has 0 bridgehead atoms. The van der Waals surface area contributed by atoms with Crippen LogP contribution in [-0.4, -0.2) is 0 Å². The Bertz CT molecular complexity index is 118. The smallest absolute Gasteiger partial charge is 0.0311 e. The van der Waals surface area contributed by atoms with Gasteiger partial charge in [0, 0.05) is 0 Å². The molecule has 0 saturated heterocycles. The van der Waals surface area contributed by atoms with Crippen LogP contribution >= 0.6 is 0 Å². The molecule has 58 valence electrons. The molecular weight excluding hydrogens is 120 g/mol. The maximum Gasteiger partial charge on any atom is -0.0311 e. The molecule has 0 saturated carbocycles. The highest BCUT2D eigenvalue weighted by Crippen LogP contribution is 2.02. The van der Waals surface area contributed by atoms with E-state index in [4.69, 9.17) is 0 Å². The van der Waals surface area contributed by atoms with Crippen LogP contribution in [0.25, 0.3) is 0 Å². The molecule has 0 aliphatic carbocycles. The van der Waals surface area contributed by atoms with E-state index in [0.29, 0.717) is 0 Å². The van der Waals surface area contributed by atoms with E-state index in [1.165, 1.54) is 18.4 Å². The Labute approximate surface area is 64.6 Å². The minimum Gasteiger partial charge on any atom is -0.0845 e. The maximum atomic E-state index is 2.25. The van der Waals surface area contributed by atoms with Crippen LogP contribution in [0.1, 0.15) is 40.0 Å². The standard InChI is InChI=1S/C10H18/c1-4-7-8-9-10(5-2)6-3/h5,8-9H,4,6-7H2,1-3H3. The molecule has 0 aliphatic heterocycles. The summed E-state index contributed by atoms with van der Waals surface area (Å²) in [6.45, 7) is 6.48. The zero-order valence-corrected chi connectivity index (χ0v) is 7.35. The quantitative estimate of drug-likeness (QED) is 0.520. The van der Waals surface area contributed by atoms with Crippen molar-refractivity contribution < 1.29 is 0 Å². The summed E-state index contributed by atoms with van der Waals surface area (Å²) >= 11 is 0. The van der Waals surface area contributed by atoms with Gasteiger partial charge >= 0.3 is 0 Å². The highest BCUT2D eigenvalue weighted by molar-refractivity contribution is 5.16. The predicted molar refractivity (Wildman–Crippen MR) is 48.1 cm³/mol. The Morgan fingerprint density at radius 2 is 2.00 bits per heavy atom. The van der Waals surface area contributed by atoms with Crippen LogP contribution in [0.5, 0.6) is 0 Å². The molecule has 0 aliphatic rings. The van der Waals surface area contributed by atoms with Crippen LogP contribution in [0.2, 0.25) is 0 Å². The van der Waals surface area contributed by atoms with E-state index in [2.05, 4.69) is 39.0 Å². The minimum absolute atomic E-state index is 1.15. The van der Waals surface area contributed by atoms with E-state index in [0.717, 1.165) is 6.42 Å². The van der Waals surface area contributed by atoms with Crippen molar-refractivity contribution >= 4 is 0 Å². The fourth-order valence-corrected chi connectivity index (χ4v) is 0.820. The number of allylic oxidation sites excluding steroid dienone is 4. The first-order valence-corrected chi connectivity index (χ1v) is 4.16. The highest BCUT2D eigenvalue weighted by atomic mass is 13.9. The van der Waals surface area contributed by atoms with Gasteiger partial charge in [0.15, 0.2) is 0 Å². The highest BCUT2D eigenvalue weighted by Gasteiger charge is 1.82. The van der Waals surface area contributed by atoms with Crippen LogP contribution in [0.4, 0.5) is 0 Å². The lowest BCUT2D eigenvalue weighted by molar-refractivity contribution is 0.955. The van der Waals surface area contributed by atoms with Gasteiger partial charge in [0.05, 0.1) is 0 Å². The van der Waals surface area contributed by atoms with E-state index in [1.807, 2.05) is 0 Å². The second-order valence-corrected chi connectivity index (χ2v) is 2.41. The van der Waals surface area contributed by atoms with E-state index >= 15 is 0 Å². The summed E-state index contributed by atoms with van der Waals surface area (Å²) in [5.41, 5.74) is 1.44. The molecule has 0 unspecified atom stereocenters. The molecule has 0 radical (unpaired) electrons. The Balaban J connectivity index is 3.63. The summed E-state index contributed by atoms with van der Waals surface area (Å²) in [5.74, 6) is 0. The number of unbranched alkanes of at least 4 members (excludes halogenated alkanes) is 1. The second kappa shape index (κ2) is 6.60. The first-order chi connectivity index (χ1) is 4.85. The van der Waals surface area contributed by atoms with Gasteiger partial charge in [-0.3, -0.25) is 0 Å². The first-order valence-electron chi connectivity index (χ1n) is 4.16. The van der Waals surface area contributed by atoms with Crippen molar-refractivity contribution in [3.63, 3.8) is 0 Å². The average molecular weight is 138 g/mol. The van der Waals surface area contributed by atoms with Crippen molar-refractivity contribution in [1.82, 2.24) is 0 Å². The summed E-state index contributed by atoms with van der Waals surface area (Å²) in [6.07, 6.45) is 10.2. The van der Waals surface area contributed by atoms with Gasteiger partial charge in [0.25, 0.3) is 0 Å². The molecule has 0 nitrogen and oxygen atoms in total. The van der Waals surface area contributed by atoms with Crippen LogP contribution in [-0.2, 0) is 0 Å². The van der Waals surface area contributed by atoms with Crippen molar-refractivity contribution in [2.75, 3.05) is 0 Å². The molecule has 0 N–H and O–H groups in total. The molecule has 0 aromatic rings. The fraction of sp³-hybridized carbons (Fsp3) is 0.600. The van der Waals surface area contributed by atoms with Crippen LogP contribution in [0.3, 0.4) is 0 Å². The summed E-state index contributed by atoms with van der Waals surface area (Å²) < 4.78 is 0. The Kier molecular flexibility index (Phi) is 6.25. The number of hydrogen-bond acceptors (Lipinski definition) is 0. The third-order valence-corrected chi connectivity index (χ3v) is 1.57. The molecule has 0 amide bonds. The van der Waals surface area contributed by atoms with E-state index in [-0.39, 0.29) is 0 Å². The molecule has 0 spiro atoms. The van der Waals surface area contributed by atoms with Crippen molar-refractivity contribution in [1.29, 1.82) is 0 Å². The van der Waals surface area contributed by atoms with Crippen molar-refractivity contribution in [2.45, 2.75) is 40.0 Å². The zero-order chi connectivity index (χ0) is 7.82. The molecule has 0 aromatic carbocycles. The van der Waals surface area contributed by atoms with E-state index in [1.54, 1.807) is 0 Å². The minimum atomic E-state index is 1.15. The first kappa shape index (κ1) is 9.48. The lowest BCUT2D eigenvalue weighted by Crippen LogP contribution is -1.71. The monoisotopic (exact) mass is 138 g/mol. The summed E-state index contributed by atoms with van der Waals surface area (Å²) in [4.78, 5) is 0.